The monoisotopic (exact) mass is 978 g/mol. The van der Waals surface area contributed by atoms with Crippen molar-refractivity contribution in [2.75, 3.05) is 0 Å². The Kier molecular flexibility index (Phi) is 19.2. The number of rotatable bonds is 7. The predicted octanol–water partition coefficient (Wildman–Crippen LogP) is 20.0. The van der Waals surface area contributed by atoms with Crippen LogP contribution in [-0.2, 0) is 18.3 Å². The van der Waals surface area contributed by atoms with E-state index in [-0.39, 0.29) is 5.41 Å². The molecule has 10 aromatic rings. The molecule has 0 heterocycles. The molecule has 1 aliphatic rings. The minimum atomic E-state index is -0.325. The Morgan fingerprint density at radius 1 is 0.427 bits per heavy atom. The molecule has 75 heavy (non-hydrogen) atoms. The molecule has 376 valence electrons. The van der Waals surface area contributed by atoms with Crippen LogP contribution in [0, 0.1) is 52.9 Å². The summed E-state index contributed by atoms with van der Waals surface area (Å²) in [5.74, 6) is 0.659. The summed E-state index contributed by atoms with van der Waals surface area (Å²) in [5.41, 5.74) is 23.4. The molecule has 0 saturated heterocycles. The Morgan fingerprint density at radius 2 is 0.960 bits per heavy atom. The van der Waals surface area contributed by atoms with Crippen LogP contribution < -0.4 is 0 Å². The number of aryl methyl sites for hydroxylation is 8. The molecule has 1 heteroatoms. The van der Waals surface area contributed by atoms with Gasteiger partial charge in [0.25, 0.3) is 0 Å². The van der Waals surface area contributed by atoms with Gasteiger partial charge in [0.1, 0.15) is 0 Å². The number of nitrogens with zero attached hydrogens (tertiary/aromatic N) is 1. The predicted molar refractivity (Wildman–Crippen MR) is 323 cm³/mol. The van der Waals surface area contributed by atoms with Crippen LogP contribution in [-0.4, -0.2) is 0 Å². The van der Waals surface area contributed by atoms with Crippen molar-refractivity contribution in [3.8, 4) is 28.3 Å². The summed E-state index contributed by atoms with van der Waals surface area (Å²) in [7, 11) is 0. The maximum absolute atomic E-state index is 8.41. The van der Waals surface area contributed by atoms with E-state index in [1.165, 1.54) is 106 Å². The van der Waals surface area contributed by atoms with Gasteiger partial charge < -0.3 is 0 Å². The van der Waals surface area contributed by atoms with Crippen LogP contribution in [0.2, 0.25) is 0 Å². The first kappa shape index (κ1) is 54.7. The van der Waals surface area contributed by atoms with Crippen LogP contribution in [0.4, 0.5) is 0 Å². The fraction of sp³-hybridized carbons (Fsp3) is 0.203. The average Bonchev–Trinajstić information content (AvgIpc) is 3.79. The van der Waals surface area contributed by atoms with E-state index in [0.717, 1.165) is 24.0 Å². The van der Waals surface area contributed by atoms with Gasteiger partial charge in [-0.3, -0.25) is 0 Å². The Balaban J connectivity index is 0.000000156. The number of hydrogen-bond acceptors (Lipinski definition) is 1. The minimum Gasteiger partial charge on any atom is -0.192 e. The van der Waals surface area contributed by atoms with Crippen LogP contribution in [0.25, 0.3) is 33.0 Å². The second-order valence-corrected chi connectivity index (χ2v) is 20.3. The summed E-state index contributed by atoms with van der Waals surface area (Å²) in [4.78, 5) is 0. The molecule has 0 aromatic heterocycles. The smallest absolute Gasteiger partial charge is 0.0991 e. The number of nitriles is 1. The van der Waals surface area contributed by atoms with Crippen LogP contribution in [0.1, 0.15) is 118 Å². The summed E-state index contributed by atoms with van der Waals surface area (Å²) < 4.78 is 0. The summed E-state index contributed by atoms with van der Waals surface area (Å²) in [6, 6.07) is 84.6. The topological polar surface area (TPSA) is 23.8 Å². The zero-order valence-corrected chi connectivity index (χ0v) is 46.1. The van der Waals surface area contributed by atoms with E-state index >= 15 is 0 Å². The molecule has 0 saturated carbocycles. The average molecular weight is 978 g/mol. The molecule has 0 bridgehead atoms. The van der Waals surface area contributed by atoms with Gasteiger partial charge in [-0.15, -0.1) is 0 Å². The molecule has 11 rings (SSSR count). The first-order valence-corrected chi connectivity index (χ1v) is 26.9. The van der Waals surface area contributed by atoms with Crippen molar-refractivity contribution < 1.29 is 0 Å². The van der Waals surface area contributed by atoms with Crippen LogP contribution >= 0.6 is 0 Å². The molecule has 0 atom stereocenters. The minimum absolute atomic E-state index is 0.325. The van der Waals surface area contributed by atoms with Gasteiger partial charge in [-0.1, -0.05) is 269 Å². The van der Waals surface area contributed by atoms with E-state index < -0.39 is 0 Å². The lowest BCUT2D eigenvalue weighted by Crippen LogP contribution is -2.28. The van der Waals surface area contributed by atoms with E-state index in [1.807, 2.05) is 31.2 Å². The molecule has 0 radical (unpaired) electrons. The quantitative estimate of drug-likeness (QED) is 0.156. The highest BCUT2D eigenvalue weighted by Gasteiger charge is 2.46. The van der Waals surface area contributed by atoms with Crippen molar-refractivity contribution in [2.24, 2.45) is 0 Å². The van der Waals surface area contributed by atoms with Crippen LogP contribution in [0.15, 0.2) is 231 Å². The zero-order chi connectivity index (χ0) is 53.3. The van der Waals surface area contributed by atoms with Gasteiger partial charge >= 0.3 is 0 Å². The first-order valence-electron chi connectivity index (χ1n) is 26.9. The van der Waals surface area contributed by atoms with Crippen molar-refractivity contribution in [2.45, 2.75) is 99.8 Å². The zero-order valence-electron chi connectivity index (χ0n) is 46.1. The largest absolute Gasteiger partial charge is 0.192 e. The SMILES string of the molecule is CC(C)c1ccccc1.CCCc1ccccc1-c1ccc(CC)cc1C.Cc1ccc(C)cc1.Cc1ccc2c(c1)C(c1ccccc1)(c1ccccc1)c1cc(C)c3ccccc3c1-2.Cc1cccc(C#N)c1. The lowest BCUT2D eigenvalue weighted by molar-refractivity contribution is 0.767. The standard InChI is InChI=1S/C31H24.C18H22.C9H12.C8H7N.C8H10/c1-21-17-18-27-28(19-21)31(23-11-5-3-6-12-23,24-13-7-4-8-14-24)29-20-22(2)25-15-9-10-16-26(25)30(27)29;1-4-8-16-9-6-7-10-18(16)17-12-11-15(5-2)13-14(17)3;1-8(2)9-6-4-3-5-7-9;1-7-3-2-4-8(5-7)6-9;1-7-3-5-8(2)6-4-7/h3-20H,1-2H3;6-7,9-13H,4-5,8H2,1-3H3;3-8H,1-2H3;2-5H,1H3;3-6H,1-2H3. The molecule has 0 aliphatic heterocycles. The Labute approximate surface area is 450 Å². The summed E-state index contributed by atoms with van der Waals surface area (Å²) in [6.45, 7) is 21.7. The number of benzene rings is 10. The third-order valence-electron chi connectivity index (χ3n) is 14.3. The summed E-state index contributed by atoms with van der Waals surface area (Å²) >= 11 is 0. The third-order valence-corrected chi connectivity index (χ3v) is 14.3. The normalized spacial score (nSPS) is 11.4. The Morgan fingerprint density at radius 3 is 1.49 bits per heavy atom. The summed E-state index contributed by atoms with van der Waals surface area (Å²) in [6.07, 6.45) is 3.46. The van der Waals surface area contributed by atoms with Gasteiger partial charge in [0.2, 0.25) is 0 Å². The lowest BCUT2D eigenvalue weighted by Gasteiger charge is -2.34. The van der Waals surface area contributed by atoms with E-state index in [9.17, 15) is 0 Å². The highest BCUT2D eigenvalue weighted by molar-refractivity contribution is 6.05. The summed E-state index contributed by atoms with van der Waals surface area (Å²) in [5, 5.41) is 11.1. The Bertz CT molecular complexity index is 3390. The van der Waals surface area contributed by atoms with E-state index in [2.05, 4.69) is 269 Å². The second-order valence-electron chi connectivity index (χ2n) is 20.3. The van der Waals surface area contributed by atoms with Crippen molar-refractivity contribution in [1.82, 2.24) is 0 Å². The van der Waals surface area contributed by atoms with Gasteiger partial charge in [0.05, 0.1) is 17.0 Å². The fourth-order valence-electron chi connectivity index (χ4n) is 10.3. The van der Waals surface area contributed by atoms with Crippen molar-refractivity contribution in [1.29, 1.82) is 5.26 Å². The molecule has 0 N–H and O–H groups in total. The van der Waals surface area contributed by atoms with Gasteiger partial charge in [-0.05, 0) is 161 Å². The van der Waals surface area contributed by atoms with E-state index in [4.69, 9.17) is 5.26 Å². The van der Waals surface area contributed by atoms with Crippen LogP contribution in [0.5, 0.6) is 0 Å². The highest BCUT2D eigenvalue weighted by Crippen LogP contribution is 2.58. The molecule has 1 aliphatic carbocycles. The lowest BCUT2D eigenvalue weighted by atomic mass is 9.67. The maximum atomic E-state index is 8.41. The number of fused-ring (bicyclic) bond motifs is 5. The second kappa shape index (κ2) is 26.2. The number of hydrogen-bond donors (Lipinski definition) is 0. The van der Waals surface area contributed by atoms with E-state index in [1.54, 1.807) is 6.07 Å². The van der Waals surface area contributed by atoms with Gasteiger partial charge in [0, 0.05) is 0 Å². The Hall–Kier alpha value is -8.05. The molecular weight excluding hydrogens is 903 g/mol. The first-order chi connectivity index (χ1) is 36.4. The molecule has 0 amide bonds. The van der Waals surface area contributed by atoms with Gasteiger partial charge in [0.15, 0.2) is 0 Å². The van der Waals surface area contributed by atoms with Crippen molar-refractivity contribution in [3.05, 3.63) is 308 Å². The van der Waals surface area contributed by atoms with Gasteiger partial charge in [-0.25, -0.2) is 0 Å². The highest BCUT2D eigenvalue weighted by atomic mass is 14.5. The third kappa shape index (κ3) is 13.2. The molecular formula is C74H75N. The fourth-order valence-corrected chi connectivity index (χ4v) is 10.3. The molecule has 0 spiro atoms. The van der Waals surface area contributed by atoms with Gasteiger partial charge in [-0.2, -0.15) is 5.26 Å². The maximum Gasteiger partial charge on any atom is 0.0991 e. The van der Waals surface area contributed by atoms with Crippen LogP contribution in [0.3, 0.4) is 0 Å². The molecule has 0 fully saturated rings. The molecule has 10 aromatic carbocycles. The molecule has 0 unspecified atom stereocenters. The van der Waals surface area contributed by atoms with Crippen molar-refractivity contribution in [3.63, 3.8) is 0 Å². The van der Waals surface area contributed by atoms with Crippen molar-refractivity contribution >= 4 is 10.8 Å². The molecule has 1 nitrogen and oxygen atoms in total. The van der Waals surface area contributed by atoms with E-state index in [0.29, 0.717) is 5.92 Å².